The van der Waals surface area contributed by atoms with Crippen molar-refractivity contribution in [2.75, 3.05) is 33.3 Å². The topological polar surface area (TPSA) is 109 Å². The van der Waals surface area contributed by atoms with Gasteiger partial charge in [-0.15, -0.1) is 0 Å². The molecule has 1 aromatic rings. The van der Waals surface area contributed by atoms with Gasteiger partial charge in [-0.2, -0.15) is 9.97 Å². The minimum Gasteiger partial charge on any atom is -0.481 e. The fourth-order valence-electron chi connectivity index (χ4n) is 1.45. The number of carbonyl (C=O) groups excluding carboxylic acids is 1. The highest BCUT2D eigenvalue weighted by Crippen LogP contribution is 2.17. The number of anilines is 1. The maximum atomic E-state index is 11.9. The van der Waals surface area contributed by atoms with Crippen LogP contribution < -0.4 is 20.5 Å². The maximum Gasteiger partial charge on any atom is 0.243 e. The molecule has 1 heterocycles. The average molecular weight is 284 g/mol. The summed E-state index contributed by atoms with van der Waals surface area (Å²) in [6, 6.07) is 0.861. The van der Waals surface area contributed by atoms with E-state index in [1.54, 1.807) is 7.11 Å². The lowest BCUT2D eigenvalue weighted by Crippen LogP contribution is -2.36. The van der Waals surface area contributed by atoms with E-state index in [1.807, 2.05) is 0 Å². The number of ether oxygens (including phenoxy) is 3. The Morgan fingerprint density at radius 1 is 1.30 bits per heavy atom. The van der Waals surface area contributed by atoms with E-state index in [-0.39, 0.29) is 11.9 Å². The van der Waals surface area contributed by atoms with Crippen LogP contribution in [-0.2, 0) is 9.53 Å². The van der Waals surface area contributed by atoms with Crippen molar-refractivity contribution in [3.8, 4) is 11.8 Å². The molecule has 112 valence electrons. The van der Waals surface area contributed by atoms with E-state index < -0.39 is 6.04 Å². The van der Waals surface area contributed by atoms with E-state index in [9.17, 15) is 4.79 Å². The normalized spacial score (nSPS) is 11.8. The first-order valence-electron chi connectivity index (χ1n) is 6.13. The van der Waals surface area contributed by atoms with Gasteiger partial charge in [-0.1, -0.05) is 0 Å². The minimum absolute atomic E-state index is 0.0911. The Labute approximate surface area is 117 Å². The van der Waals surface area contributed by atoms with Crippen molar-refractivity contribution in [2.24, 2.45) is 5.73 Å². The molecule has 0 saturated heterocycles. The van der Waals surface area contributed by atoms with Gasteiger partial charge in [0.05, 0.1) is 26.3 Å². The summed E-state index contributed by atoms with van der Waals surface area (Å²) in [6.07, 6.45) is 1.22. The van der Waals surface area contributed by atoms with Gasteiger partial charge < -0.3 is 19.9 Å². The van der Waals surface area contributed by atoms with Gasteiger partial charge in [0.25, 0.3) is 0 Å². The van der Waals surface area contributed by atoms with Crippen molar-refractivity contribution in [3.05, 3.63) is 6.07 Å². The molecule has 3 N–H and O–H groups in total. The number of nitrogens with zero attached hydrogens (tertiary/aromatic N) is 2. The van der Waals surface area contributed by atoms with Gasteiger partial charge in [-0.05, 0) is 12.8 Å². The van der Waals surface area contributed by atoms with E-state index in [0.717, 1.165) is 0 Å². The van der Waals surface area contributed by atoms with Gasteiger partial charge in [0.1, 0.15) is 0 Å². The SMILES string of the molecule is COCCCC(N)C(=O)Nc1nc(OC)cc(OC)n1. The van der Waals surface area contributed by atoms with Crippen LogP contribution in [-0.4, -0.2) is 49.9 Å². The Hall–Kier alpha value is -1.93. The average Bonchev–Trinajstić information content (AvgIpc) is 2.46. The predicted octanol–water partition coefficient (Wildman–Crippen LogP) is 0.186. The van der Waals surface area contributed by atoms with Gasteiger partial charge in [-0.25, -0.2) is 0 Å². The molecule has 0 aliphatic carbocycles. The zero-order chi connectivity index (χ0) is 15.0. The second-order valence-corrected chi connectivity index (χ2v) is 4.01. The highest BCUT2D eigenvalue weighted by Gasteiger charge is 2.15. The smallest absolute Gasteiger partial charge is 0.243 e. The number of amides is 1. The third kappa shape index (κ3) is 4.98. The van der Waals surface area contributed by atoms with Crippen LogP contribution in [0.1, 0.15) is 12.8 Å². The molecule has 0 aliphatic heterocycles. The summed E-state index contributed by atoms with van der Waals surface area (Å²) in [5.41, 5.74) is 5.76. The number of hydrogen-bond donors (Lipinski definition) is 2. The van der Waals surface area contributed by atoms with Crippen LogP contribution >= 0.6 is 0 Å². The van der Waals surface area contributed by atoms with Crippen molar-refractivity contribution < 1.29 is 19.0 Å². The quantitative estimate of drug-likeness (QED) is 0.656. The second kappa shape index (κ2) is 8.28. The van der Waals surface area contributed by atoms with Gasteiger partial charge >= 0.3 is 0 Å². The van der Waals surface area contributed by atoms with Crippen molar-refractivity contribution in [3.63, 3.8) is 0 Å². The number of aromatic nitrogens is 2. The highest BCUT2D eigenvalue weighted by molar-refractivity contribution is 5.93. The molecule has 1 atom stereocenters. The Bertz CT molecular complexity index is 419. The van der Waals surface area contributed by atoms with Crippen LogP contribution in [0.4, 0.5) is 5.95 Å². The largest absolute Gasteiger partial charge is 0.481 e. The van der Waals surface area contributed by atoms with Crippen LogP contribution in [0.5, 0.6) is 11.8 Å². The first kappa shape index (κ1) is 16.1. The summed E-state index contributed by atoms with van der Waals surface area (Å²) >= 11 is 0. The lowest BCUT2D eigenvalue weighted by atomic mass is 10.1. The molecular formula is C12H20N4O4. The number of hydrogen-bond acceptors (Lipinski definition) is 7. The Balaban J connectivity index is 2.64. The third-order valence-electron chi connectivity index (χ3n) is 2.53. The number of carbonyl (C=O) groups is 1. The molecule has 0 bridgehead atoms. The molecule has 0 fully saturated rings. The van der Waals surface area contributed by atoms with Gasteiger partial charge in [-0.3, -0.25) is 10.1 Å². The molecule has 8 nitrogen and oxygen atoms in total. The fourth-order valence-corrected chi connectivity index (χ4v) is 1.45. The van der Waals surface area contributed by atoms with Gasteiger partial charge in [0.2, 0.25) is 23.6 Å². The minimum atomic E-state index is -0.647. The first-order valence-corrected chi connectivity index (χ1v) is 6.13. The molecule has 0 aliphatic rings. The summed E-state index contributed by atoms with van der Waals surface area (Å²) in [7, 11) is 4.52. The van der Waals surface area contributed by atoms with Crippen LogP contribution in [0.2, 0.25) is 0 Å². The first-order chi connectivity index (χ1) is 9.60. The Morgan fingerprint density at radius 3 is 2.40 bits per heavy atom. The van der Waals surface area contributed by atoms with Gasteiger partial charge in [0, 0.05) is 13.7 Å². The van der Waals surface area contributed by atoms with Crippen LogP contribution in [0.3, 0.4) is 0 Å². The molecule has 20 heavy (non-hydrogen) atoms. The van der Waals surface area contributed by atoms with Crippen LogP contribution in [0.25, 0.3) is 0 Å². The monoisotopic (exact) mass is 284 g/mol. The van der Waals surface area contributed by atoms with Crippen LogP contribution in [0.15, 0.2) is 6.07 Å². The number of nitrogens with two attached hydrogens (primary N) is 1. The predicted molar refractivity (Wildman–Crippen MR) is 72.9 cm³/mol. The van der Waals surface area contributed by atoms with Crippen molar-refractivity contribution in [1.82, 2.24) is 9.97 Å². The Kier molecular flexibility index (Phi) is 6.68. The molecule has 1 unspecified atom stereocenters. The molecule has 0 radical (unpaired) electrons. The molecule has 1 amide bonds. The lowest BCUT2D eigenvalue weighted by Gasteiger charge is -2.12. The van der Waals surface area contributed by atoms with E-state index in [2.05, 4.69) is 15.3 Å². The van der Waals surface area contributed by atoms with Gasteiger partial charge in [0.15, 0.2) is 0 Å². The fraction of sp³-hybridized carbons (Fsp3) is 0.583. The van der Waals surface area contributed by atoms with Crippen molar-refractivity contribution in [2.45, 2.75) is 18.9 Å². The number of nitrogens with one attached hydrogen (secondary N) is 1. The Morgan fingerprint density at radius 2 is 1.90 bits per heavy atom. The molecule has 0 aromatic carbocycles. The third-order valence-corrected chi connectivity index (χ3v) is 2.53. The maximum absolute atomic E-state index is 11.9. The highest BCUT2D eigenvalue weighted by atomic mass is 16.5. The summed E-state index contributed by atoms with van der Waals surface area (Å²) in [6.45, 7) is 0.560. The van der Waals surface area contributed by atoms with E-state index in [4.69, 9.17) is 19.9 Å². The summed E-state index contributed by atoms with van der Waals surface area (Å²) in [5, 5.41) is 2.53. The summed E-state index contributed by atoms with van der Waals surface area (Å²) in [4.78, 5) is 19.9. The number of methoxy groups -OCH3 is 3. The molecular weight excluding hydrogens is 264 g/mol. The van der Waals surface area contributed by atoms with Crippen molar-refractivity contribution in [1.29, 1.82) is 0 Å². The zero-order valence-corrected chi connectivity index (χ0v) is 11.9. The summed E-state index contributed by atoms with van der Waals surface area (Å²) < 4.78 is 14.9. The standard InChI is InChI=1S/C12H20N4O4/c1-18-6-4-5-8(13)11(17)16-12-14-9(19-2)7-10(15-12)20-3/h7-8H,4-6,13H2,1-3H3,(H,14,15,16,17). The molecule has 1 rings (SSSR count). The lowest BCUT2D eigenvalue weighted by molar-refractivity contribution is -0.117. The van der Waals surface area contributed by atoms with Crippen molar-refractivity contribution >= 4 is 11.9 Å². The van der Waals surface area contributed by atoms with E-state index in [0.29, 0.717) is 31.2 Å². The van der Waals surface area contributed by atoms with E-state index in [1.165, 1.54) is 20.3 Å². The van der Waals surface area contributed by atoms with E-state index >= 15 is 0 Å². The molecule has 1 aromatic heterocycles. The number of rotatable bonds is 8. The summed E-state index contributed by atoms with van der Waals surface area (Å²) in [5.74, 6) is 0.310. The van der Waals surface area contributed by atoms with Crippen LogP contribution in [0, 0.1) is 0 Å². The second-order valence-electron chi connectivity index (χ2n) is 4.01. The molecule has 0 saturated carbocycles. The molecule has 0 spiro atoms. The molecule has 8 heteroatoms. The zero-order valence-electron chi connectivity index (χ0n) is 11.9.